The van der Waals surface area contributed by atoms with E-state index in [4.69, 9.17) is 0 Å². The molecule has 0 aromatic heterocycles. The molecule has 0 amide bonds. The molecule has 1 rings (SSSR count). The molecule has 0 heterocycles. The van der Waals surface area contributed by atoms with Crippen LogP contribution in [0.3, 0.4) is 0 Å². The van der Waals surface area contributed by atoms with Gasteiger partial charge < -0.3 is 0 Å². The maximum absolute atomic E-state index is 2.25. The lowest BCUT2D eigenvalue weighted by Crippen LogP contribution is -2.13. The largest absolute Gasteiger partial charge is 0.205 e. The maximum Gasteiger partial charge on any atom is 0.181 e. The molecule has 1 aliphatic carbocycles. The lowest BCUT2D eigenvalue weighted by molar-refractivity contribution is -0.422. The van der Waals surface area contributed by atoms with Gasteiger partial charge in [0.15, 0.2) is 11.9 Å². The van der Waals surface area contributed by atoms with Crippen molar-refractivity contribution in [3.8, 4) is 0 Å². The van der Waals surface area contributed by atoms with Gasteiger partial charge in [-0.2, -0.15) is 0 Å². The van der Waals surface area contributed by atoms with E-state index in [0.29, 0.717) is 0 Å². The zero-order chi connectivity index (χ0) is 10.6. The van der Waals surface area contributed by atoms with Gasteiger partial charge in [0.1, 0.15) is 7.05 Å². The van der Waals surface area contributed by atoms with E-state index < -0.39 is 0 Å². The first kappa shape index (κ1) is 11.0. The van der Waals surface area contributed by atoms with Crippen LogP contribution in [0.15, 0.2) is 35.6 Å². The summed E-state index contributed by atoms with van der Waals surface area (Å²) in [6.45, 7) is 6.43. The first-order valence-electron chi connectivity index (χ1n) is 5.22. The summed E-state index contributed by atoms with van der Waals surface area (Å²) in [5.74, 6) is 0. The summed E-state index contributed by atoms with van der Waals surface area (Å²) in [7, 11) is 2.11. The van der Waals surface area contributed by atoms with E-state index in [2.05, 4.69) is 49.9 Å². The van der Waals surface area contributed by atoms with E-state index >= 15 is 0 Å². The number of allylic oxidation sites excluding steroid dienone is 5. The smallest absolute Gasteiger partial charge is 0.181 e. The van der Waals surface area contributed by atoms with Crippen LogP contribution in [-0.2, 0) is 0 Å². The van der Waals surface area contributed by atoms with E-state index in [9.17, 15) is 0 Å². The Morgan fingerprint density at radius 1 is 1.50 bits per heavy atom. The van der Waals surface area contributed by atoms with Crippen molar-refractivity contribution in [3.05, 3.63) is 35.6 Å². The Bertz CT molecular complexity index is 327. The number of hydrogen-bond acceptors (Lipinski definition) is 0. The van der Waals surface area contributed by atoms with Crippen LogP contribution in [0, 0.1) is 0 Å². The number of nitrogens with zero attached hydrogens (tertiary/aromatic N) is 1. The molecule has 0 aromatic carbocycles. The highest BCUT2D eigenvalue weighted by Crippen LogP contribution is 2.19. The lowest BCUT2D eigenvalue weighted by Gasteiger charge is -2.10. The molecule has 0 bridgehead atoms. The van der Waals surface area contributed by atoms with Crippen LogP contribution in [0.5, 0.6) is 0 Å². The second kappa shape index (κ2) is 4.94. The molecule has 0 atom stereocenters. The molecule has 76 valence electrons. The molecule has 14 heavy (non-hydrogen) atoms. The van der Waals surface area contributed by atoms with Gasteiger partial charge in [0.2, 0.25) is 0 Å². The third-order valence-corrected chi connectivity index (χ3v) is 2.74. The van der Waals surface area contributed by atoms with Crippen LogP contribution < -0.4 is 0 Å². The van der Waals surface area contributed by atoms with Crippen molar-refractivity contribution in [2.45, 2.75) is 33.6 Å². The van der Waals surface area contributed by atoms with Crippen LogP contribution in [0.4, 0.5) is 0 Å². The highest BCUT2D eigenvalue weighted by Gasteiger charge is 2.13. The fraction of sp³-hybridized carbons (Fsp3) is 0.462. The lowest BCUT2D eigenvalue weighted by atomic mass is 9.95. The Balaban J connectivity index is 3.04. The molecule has 1 heteroatoms. The molecule has 0 saturated heterocycles. The summed E-state index contributed by atoms with van der Waals surface area (Å²) in [5.41, 5.74) is 4.27. The van der Waals surface area contributed by atoms with Crippen LogP contribution in [0.2, 0.25) is 0 Å². The summed E-state index contributed by atoms with van der Waals surface area (Å²) in [5, 5.41) is 0. The average Bonchev–Trinajstić information content (AvgIpc) is 2.18. The highest BCUT2D eigenvalue weighted by atomic mass is 14.9. The molecule has 0 radical (unpaired) electrons. The van der Waals surface area contributed by atoms with Gasteiger partial charge >= 0.3 is 0 Å². The molecule has 0 N–H and O–H groups in total. The van der Waals surface area contributed by atoms with Gasteiger partial charge in [-0.3, -0.25) is 0 Å². The molecule has 0 saturated carbocycles. The first-order chi connectivity index (χ1) is 6.66. The molecule has 0 spiro atoms. The Morgan fingerprint density at radius 3 is 2.79 bits per heavy atom. The Hall–Kier alpha value is -1.11. The molecule has 0 unspecified atom stereocenters. The molecule has 1 aliphatic rings. The van der Waals surface area contributed by atoms with Crippen molar-refractivity contribution >= 4 is 5.71 Å². The maximum atomic E-state index is 2.25. The Kier molecular flexibility index (Phi) is 3.87. The average molecular weight is 190 g/mol. The van der Waals surface area contributed by atoms with Crippen molar-refractivity contribution in [2.75, 3.05) is 7.05 Å². The molecule has 0 aromatic rings. The fourth-order valence-electron chi connectivity index (χ4n) is 1.80. The minimum absolute atomic E-state index is 1.17. The second-order valence-corrected chi connectivity index (χ2v) is 3.78. The van der Waals surface area contributed by atoms with E-state index in [0.717, 1.165) is 0 Å². The van der Waals surface area contributed by atoms with Crippen molar-refractivity contribution in [1.29, 1.82) is 0 Å². The van der Waals surface area contributed by atoms with Gasteiger partial charge in [0.05, 0.1) is 0 Å². The summed E-state index contributed by atoms with van der Waals surface area (Å²) in [4.78, 5) is 0. The third kappa shape index (κ3) is 2.44. The van der Waals surface area contributed by atoms with E-state index in [1.54, 1.807) is 0 Å². The summed E-state index contributed by atoms with van der Waals surface area (Å²) < 4.78 is 2.19. The third-order valence-electron chi connectivity index (χ3n) is 2.74. The zero-order valence-corrected chi connectivity index (χ0v) is 9.67. The predicted molar refractivity (Wildman–Crippen MR) is 62.8 cm³/mol. The van der Waals surface area contributed by atoms with E-state index in [1.165, 1.54) is 29.7 Å². The topological polar surface area (TPSA) is 3.01 Å². The fourth-order valence-corrected chi connectivity index (χ4v) is 1.80. The SMILES string of the molecule is C/C=C\[N+](C)=C(C)C1=C(C)C=CCC1. The van der Waals surface area contributed by atoms with Crippen molar-refractivity contribution < 1.29 is 4.58 Å². The van der Waals surface area contributed by atoms with Gasteiger partial charge in [-0.15, -0.1) is 0 Å². The van der Waals surface area contributed by atoms with Crippen LogP contribution in [0.1, 0.15) is 33.6 Å². The van der Waals surface area contributed by atoms with Gasteiger partial charge in [0, 0.05) is 12.5 Å². The minimum atomic E-state index is 1.17. The zero-order valence-electron chi connectivity index (χ0n) is 9.67. The summed E-state index contributed by atoms with van der Waals surface area (Å²) >= 11 is 0. The monoisotopic (exact) mass is 190 g/mol. The second-order valence-electron chi connectivity index (χ2n) is 3.78. The summed E-state index contributed by atoms with van der Waals surface area (Å²) in [6.07, 6.45) is 11.0. The highest BCUT2D eigenvalue weighted by molar-refractivity contribution is 5.95. The standard InChI is InChI=1S/C13H20N/c1-5-10-14(4)12(3)13-9-7-6-8-11(13)2/h5-6,8,10H,7,9H2,1-4H3/q+1/b10-5-,14-12?. The van der Waals surface area contributed by atoms with Crippen LogP contribution >= 0.6 is 0 Å². The Labute approximate surface area is 87.1 Å². The van der Waals surface area contributed by atoms with E-state index in [1.807, 2.05) is 6.92 Å². The normalized spacial score (nSPS) is 19.1. The molecule has 0 fully saturated rings. The van der Waals surface area contributed by atoms with Crippen molar-refractivity contribution in [3.63, 3.8) is 0 Å². The van der Waals surface area contributed by atoms with Gasteiger partial charge in [-0.25, -0.2) is 4.58 Å². The van der Waals surface area contributed by atoms with Gasteiger partial charge in [-0.1, -0.05) is 12.2 Å². The van der Waals surface area contributed by atoms with Gasteiger partial charge in [0.25, 0.3) is 0 Å². The molecular weight excluding hydrogens is 170 g/mol. The molecule has 0 aliphatic heterocycles. The van der Waals surface area contributed by atoms with Gasteiger partial charge in [-0.05, 0) is 38.3 Å². The number of rotatable bonds is 2. The summed E-state index contributed by atoms with van der Waals surface area (Å²) in [6, 6.07) is 0. The van der Waals surface area contributed by atoms with Crippen molar-refractivity contribution in [2.24, 2.45) is 0 Å². The first-order valence-corrected chi connectivity index (χ1v) is 5.22. The molecule has 1 nitrogen and oxygen atoms in total. The Morgan fingerprint density at radius 2 is 2.21 bits per heavy atom. The predicted octanol–water partition coefficient (Wildman–Crippen LogP) is 3.29. The van der Waals surface area contributed by atoms with Crippen LogP contribution in [-0.4, -0.2) is 17.3 Å². The van der Waals surface area contributed by atoms with E-state index in [-0.39, 0.29) is 0 Å². The minimum Gasteiger partial charge on any atom is -0.205 e. The van der Waals surface area contributed by atoms with Crippen molar-refractivity contribution in [1.82, 2.24) is 0 Å². The quantitative estimate of drug-likeness (QED) is 0.464. The number of hydrogen-bond donors (Lipinski definition) is 0. The molecular formula is C13H20N+. The van der Waals surface area contributed by atoms with Crippen LogP contribution in [0.25, 0.3) is 0 Å².